The zero-order valence-electron chi connectivity index (χ0n) is 14.8. The monoisotopic (exact) mass is 422 g/mol. The summed E-state index contributed by atoms with van der Waals surface area (Å²) in [7, 11) is 0. The standard InChI is InChI=1S/C17H16Cl2N6O3/c1-11-15(25(27)28)10-24(21-11)7-5-17(26)20-16-4-6-23(22-16)9-12-2-3-13(18)8-14(12)19/h2-4,6,8,10H,5,7,9H2,1H3,(H,20,22,26). The molecule has 1 N–H and O–H groups in total. The van der Waals surface area contributed by atoms with Gasteiger partial charge in [0.2, 0.25) is 5.91 Å². The van der Waals surface area contributed by atoms with Gasteiger partial charge >= 0.3 is 5.69 Å². The van der Waals surface area contributed by atoms with E-state index in [1.165, 1.54) is 10.9 Å². The Kier molecular flexibility index (Phi) is 5.96. The highest BCUT2D eigenvalue weighted by Gasteiger charge is 2.16. The summed E-state index contributed by atoms with van der Waals surface area (Å²) in [5, 5.41) is 22.9. The number of amides is 1. The van der Waals surface area contributed by atoms with Crippen molar-refractivity contribution < 1.29 is 9.72 Å². The second-order valence-electron chi connectivity index (χ2n) is 6.05. The summed E-state index contributed by atoms with van der Waals surface area (Å²) >= 11 is 12.0. The number of nitro groups is 1. The highest BCUT2D eigenvalue weighted by molar-refractivity contribution is 6.35. The molecule has 0 bridgehead atoms. The number of hydrogen-bond acceptors (Lipinski definition) is 5. The number of nitrogens with zero attached hydrogens (tertiary/aromatic N) is 5. The molecule has 0 unspecified atom stereocenters. The molecule has 0 aliphatic rings. The molecule has 0 atom stereocenters. The van der Waals surface area contributed by atoms with E-state index in [2.05, 4.69) is 15.5 Å². The van der Waals surface area contributed by atoms with E-state index in [9.17, 15) is 14.9 Å². The Bertz CT molecular complexity index is 1030. The number of hydrogen-bond donors (Lipinski definition) is 1. The van der Waals surface area contributed by atoms with Crippen LogP contribution in [0.4, 0.5) is 11.5 Å². The van der Waals surface area contributed by atoms with Crippen LogP contribution >= 0.6 is 23.2 Å². The smallest absolute Gasteiger partial charge is 0.309 e. The maximum Gasteiger partial charge on any atom is 0.309 e. The summed E-state index contributed by atoms with van der Waals surface area (Å²) in [5.41, 5.74) is 1.09. The average molecular weight is 423 g/mol. The molecule has 3 rings (SSSR count). The minimum absolute atomic E-state index is 0.0694. The molecule has 1 amide bonds. The Morgan fingerprint density at radius 3 is 2.71 bits per heavy atom. The first-order valence-corrected chi connectivity index (χ1v) is 9.03. The summed E-state index contributed by atoms with van der Waals surface area (Å²) in [5.74, 6) is 0.128. The molecule has 0 spiro atoms. The van der Waals surface area contributed by atoms with E-state index in [4.69, 9.17) is 23.2 Å². The van der Waals surface area contributed by atoms with Gasteiger partial charge in [-0.2, -0.15) is 10.2 Å². The lowest BCUT2D eigenvalue weighted by Crippen LogP contribution is -2.15. The molecule has 11 heteroatoms. The van der Waals surface area contributed by atoms with Gasteiger partial charge in [-0.3, -0.25) is 24.3 Å². The average Bonchev–Trinajstić information content (AvgIpc) is 3.22. The zero-order valence-corrected chi connectivity index (χ0v) is 16.3. The van der Waals surface area contributed by atoms with Gasteiger partial charge in [0.05, 0.1) is 11.5 Å². The molecule has 0 aliphatic carbocycles. The predicted molar refractivity (Wildman–Crippen MR) is 105 cm³/mol. The number of carbonyl (C=O) groups excluding carboxylic acids is 1. The fourth-order valence-corrected chi connectivity index (χ4v) is 3.03. The summed E-state index contributed by atoms with van der Waals surface area (Å²) in [4.78, 5) is 22.4. The third kappa shape index (κ3) is 4.87. The molecular formula is C17H16Cl2N6O3. The predicted octanol–water partition coefficient (Wildman–Crippen LogP) is 3.68. The second kappa shape index (κ2) is 8.41. The van der Waals surface area contributed by atoms with Gasteiger partial charge in [-0.05, 0) is 24.6 Å². The van der Waals surface area contributed by atoms with E-state index >= 15 is 0 Å². The van der Waals surface area contributed by atoms with Crippen LogP contribution in [0.3, 0.4) is 0 Å². The topological polar surface area (TPSA) is 108 Å². The van der Waals surface area contributed by atoms with Gasteiger partial charge in [-0.25, -0.2) is 0 Å². The number of carbonyl (C=O) groups is 1. The van der Waals surface area contributed by atoms with Crippen LogP contribution in [0.5, 0.6) is 0 Å². The molecule has 2 aromatic heterocycles. The van der Waals surface area contributed by atoms with E-state index in [-0.39, 0.29) is 24.6 Å². The first-order chi connectivity index (χ1) is 13.3. The fraction of sp³-hybridized carbons (Fsp3) is 0.235. The maximum atomic E-state index is 12.1. The quantitative estimate of drug-likeness (QED) is 0.461. The van der Waals surface area contributed by atoms with E-state index in [1.54, 1.807) is 36.0 Å². The third-order valence-electron chi connectivity index (χ3n) is 3.94. The van der Waals surface area contributed by atoms with Gasteiger partial charge < -0.3 is 5.32 Å². The Hall–Kier alpha value is -2.91. The summed E-state index contributed by atoms with van der Waals surface area (Å²) < 4.78 is 3.03. The van der Waals surface area contributed by atoms with Crippen molar-refractivity contribution in [2.45, 2.75) is 26.4 Å². The molecule has 1 aromatic carbocycles. The van der Waals surface area contributed by atoms with Gasteiger partial charge in [0.25, 0.3) is 0 Å². The van der Waals surface area contributed by atoms with Gasteiger partial charge in [-0.1, -0.05) is 29.3 Å². The van der Waals surface area contributed by atoms with Crippen molar-refractivity contribution in [3.05, 3.63) is 68.1 Å². The van der Waals surface area contributed by atoms with Crippen molar-refractivity contribution in [1.29, 1.82) is 0 Å². The fourth-order valence-electron chi connectivity index (χ4n) is 2.56. The van der Waals surface area contributed by atoms with Crippen molar-refractivity contribution >= 4 is 40.6 Å². The number of benzene rings is 1. The summed E-state index contributed by atoms with van der Waals surface area (Å²) in [6.07, 6.45) is 3.14. The molecule has 9 nitrogen and oxygen atoms in total. The molecule has 0 saturated carbocycles. The molecule has 28 heavy (non-hydrogen) atoms. The van der Waals surface area contributed by atoms with Crippen molar-refractivity contribution in [1.82, 2.24) is 19.6 Å². The molecule has 0 radical (unpaired) electrons. The molecule has 146 valence electrons. The summed E-state index contributed by atoms with van der Waals surface area (Å²) in [6.45, 7) is 2.21. The van der Waals surface area contributed by atoms with Gasteiger partial charge in [0.15, 0.2) is 5.82 Å². The molecule has 0 aliphatic heterocycles. The van der Waals surface area contributed by atoms with Crippen LogP contribution in [0.1, 0.15) is 17.7 Å². The van der Waals surface area contributed by atoms with Crippen LogP contribution < -0.4 is 5.32 Å². The number of aromatic nitrogens is 4. The largest absolute Gasteiger partial charge is 0.309 e. The zero-order chi connectivity index (χ0) is 20.3. The Morgan fingerprint density at radius 1 is 1.25 bits per heavy atom. The van der Waals surface area contributed by atoms with Crippen LogP contribution in [0.15, 0.2) is 36.7 Å². The normalized spacial score (nSPS) is 10.8. The Labute approximate surface area is 170 Å². The third-order valence-corrected chi connectivity index (χ3v) is 4.53. The minimum atomic E-state index is -0.502. The van der Waals surface area contributed by atoms with Gasteiger partial charge in [0, 0.05) is 35.3 Å². The van der Waals surface area contributed by atoms with Crippen LogP contribution in [-0.2, 0) is 17.9 Å². The van der Waals surface area contributed by atoms with E-state index in [1.807, 2.05) is 6.07 Å². The van der Waals surface area contributed by atoms with Crippen LogP contribution in [-0.4, -0.2) is 30.4 Å². The lowest BCUT2D eigenvalue weighted by molar-refractivity contribution is -0.385. The molecule has 2 heterocycles. The maximum absolute atomic E-state index is 12.1. The number of anilines is 1. The first-order valence-electron chi connectivity index (χ1n) is 8.27. The lowest BCUT2D eigenvalue weighted by atomic mass is 10.2. The highest BCUT2D eigenvalue weighted by Crippen LogP contribution is 2.22. The minimum Gasteiger partial charge on any atom is -0.309 e. The number of halogens is 2. The SMILES string of the molecule is Cc1nn(CCC(=O)Nc2ccn(Cc3ccc(Cl)cc3Cl)n2)cc1[N+](=O)[O-]. The van der Waals surface area contributed by atoms with Crippen LogP contribution in [0, 0.1) is 17.0 Å². The van der Waals surface area contributed by atoms with Crippen LogP contribution in [0.25, 0.3) is 0 Å². The van der Waals surface area contributed by atoms with Crippen molar-refractivity contribution in [2.24, 2.45) is 0 Å². The number of aryl methyl sites for hydroxylation is 2. The van der Waals surface area contributed by atoms with E-state index in [0.717, 1.165) is 5.56 Å². The van der Waals surface area contributed by atoms with Gasteiger partial charge in [0.1, 0.15) is 11.9 Å². The van der Waals surface area contributed by atoms with Crippen molar-refractivity contribution in [3.63, 3.8) is 0 Å². The number of nitrogens with one attached hydrogen (secondary N) is 1. The van der Waals surface area contributed by atoms with Crippen LogP contribution in [0.2, 0.25) is 10.0 Å². The first kappa shape index (κ1) is 19.8. The van der Waals surface area contributed by atoms with E-state index in [0.29, 0.717) is 28.1 Å². The Balaban J connectivity index is 1.55. The van der Waals surface area contributed by atoms with Crippen molar-refractivity contribution in [2.75, 3.05) is 5.32 Å². The summed E-state index contributed by atoms with van der Waals surface area (Å²) in [6, 6.07) is 6.89. The van der Waals surface area contributed by atoms with Gasteiger partial charge in [-0.15, -0.1) is 0 Å². The van der Waals surface area contributed by atoms with Crippen molar-refractivity contribution in [3.8, 4) is 0 Å². The lowest BCUT2D eigenvalue weighted by Gasteiger charge is -2.05. The van der Waals surface area contributed by atoms with E-state index < -0.39 is 4.92 Å². The molecule has 3 aromatic rings. The highest BCUT2D eigenvalue weighted by atomic mass is 35.5. The Morgan fingerprint density at radius 2 is 2.04 bits per heavy atom. The molecule has 0 fully saturated rings. The molecular weight excluding hydrogens is 407 g/mol. The number of rotatable bonds is 7. The second-order valence-corrected chi connectivity index (χ2v) is 6.90. The molecule has 0 saturated heterocycles.